The number of aromatic nitrogens is 6. The minimum atomic E-state index is -0.271. The van der Waals surface area contributed by atoms with E-state index in [1.807, 2.05) is 4.52 Å². The number of rotatable bonds is 5. The van der Waals surface area contributed by atoms with Gasteiger partial charge < -0.3 is 9.64 Å². The van der Waals surface area contributed by atoms with Gasteiger partial charge in [0, 0.05) is 24.2 Å². The number of anilines is 1. The van der Waals surface area contributed by atoms with Crippen molar-refractivity contribution in [3.63, 3.8) is 0 Å². The summed E-state index contributed by atoms with van der Waals surface area (Å²) >= 11 is 0. The predicted molar refractivity (Wildman–Crippen MR) is 134 cm³/mol. The molecule has 0 aliphatic carbocycles. The van der Waals surface area contributed by atoms with Gasteiger partial charge in [-0.25, -0.2) is 18.9 Å². The van der Waals surface area contributed by atoms with Crippen LogP contribution in [-0.4, -0.2) is 55.0 Å². The maximum Gasteiger partial charge on any atom is 0.161 e. The Labute approximate surface area is 205 Å². The van der Waals surface area contributed by atoms with Crippen LogP contribution in [0.1, 0.15) is 64.8 Å². The fourth-order valence-electron chi connectivity index (χ4n) is 5.03. The van der Waals surface area contributed by atoms with Crippen LogP contribution in [0.3, 0.4) is 0 Å². The average Bonchev–Trinajstić information content (AvgIpc) is 3.46. The van der Waals surface area contributed by atoms with Crippen LogP contribution >= 0.6 is 0 Å². The maximum absolute atomic E-state index is 15.3. The molecule has 1 aliphatic heterocycles. The summed E-state index contributed by atoms with van der Waals surface area (Å²) < 4.78 is 24.6. The summed E-state index contributed by atoms with van der Waals surface area (Å²) in [7, 11) is 0. The van der Waals surface area contributed by atoms with E-state index in [0.29, 0.717) is 25.1 Å². The fraction of sp³-hybridized carbons (Fsp3) is 0.538. The van der Waals surface area contributed by atoms with Gasteiger partial charge in [0.15, 0.2) is 11.3 Å². The number of hydrogen-bond acceptors (Lipinski definition) is 6. The number of pyridine rings is 2. The molecule has 9 heteroatoms. The summed E-state index contributed by atoms with van der Waals surface area (Å²) in [6.07, 6.45) is 4.51. The van der Waals surface area contributed by atoms with Crippen LogP contribution in [0.15, 0.2) is 30.9 Å². The maximum atomic E-state index is 15.3. The Hall–Kier alpha value is -3.07. The lowest BCUT2D eigenvalue weighted by Gasteiger charge is -2.33. The lowest BCUT2D eigenvalue weighted by Crippen LogP contribution is -2.42. The van der Waals surface area contributed by atoms with Crippen molar-refractivity contribution in [2.24, 2.45) is 0 Å². The van der Waals surface area contributed by atoms with Gasteiger partial charge in [-0.2, -0.15) is 14.7 Å². The molecule has 1 saturated heterocycles. The van der Waals surface area contributed by atoms with E-state index in [2.05, 4.69) is 78.7 Å². The van der Waals surface area contributed by atoms with E-state index in [0.717, 1.165) is 41.3 Å². The normalized spacial score (nSPS) is 17.6. The molecule has 0 N–H and O–H groups in total. The number of ether oxygens (including phenoxy) is 1. The van der Waals surface area contributed by atoms with Gasteiger partial charge in [-0.15, -0.1) is 0 Å². The molecule has 1 aliphatic rings. The molecule has 0 amide bonds. The van der Waals surface area contributed by atoms with Gasteiger partial charge in [0.05, 0.1) is 18.4 Å². The zero-order valence-corrected chi connectivity index (χ0v) is 21.4. The molecule has 8 nitrogen and oxygen atoms in total. The highest BCUT2D eigenvalue weighted by Gasteiger charge is 2.29. The standard InChI is InChI=1S/C26H34FN7O/c1-17-14-32(11-12-35-17)22-8-7-18(23-28-16-31-34(22)23)26(5,6)10-9-21-20(27)13-19(25(2,3)4)24-29-15-30-33(21)24/h7-8,13,15-17H,9-12,14H2,1-6H3. The minimum Gasteiger partial charge on any atom is -0.375 e. The van der Waals surface area contributed by atoms with Gasteiger partial charge >= 0.3 is 0 Å². The Morgan fingerprint density at radius 1 is 1.00 bits per heavy atom. The molecule has 0 spiro atoms. The van der Waals surface area contributed by atoms with Crippen molar-refractivity contribution in [1.82, 2.24) is 29.2 Å². The number of nitrogens with zero attached hydrogens (tertiary/aromatic N) is 7. The number of hydrogen-bond donors (Lipinski definition) is 0. The third-order valence-electron chi connectivity index (χ3n) is 7.08. The van der Waals surface area contributed by atoms with E-state index in [1.54, 1.807) is 16.9 Å². The van der Waals surface area contributed by atoms with E-state index in [1.165, 1.54) is 6.33 Å². The molecule has 35 heavy (non-hydrogen) atoms. The van der Waals surface area contributed by atoms with Gasteiger partial charge in [0.25, 0.3) is 0 Å². The Morgan fingerprint density at radius 2 is 1.69 bits per heavy atom. The van der Waals surface area contributed by atoms with Gasteiger partial charge in [-0.3, -0.25) is 0 Å². The molecule has 186 valence electrons. The molecule has 0 aromatic carbocycles. The Morgan fingerprint density at radius 3 is 2.37 bits per heavy atom. The summed E-state index contributed by atoms with van der Waals surface area (Å²) in [4.78, 5) is 11.3. The minimum absolute atomic E-state index is 0.173. The van der Waals surface area contributed by atoms with Crippen molar-refractivity contribution in [1.29, 1.82) is 0 Å². The number of fused-ring (bicyclic) bond motifs is 2. The first-order valence-electron chi connectivity index (χ1n) is 12.3. The molecule has 5 heterocycles. The largest absolute Gasteiger partial charge is 0.375 e. The van der Waals surface area contributed by atoms with Crippen molar-refractivity contribution in [2.75, 3.05) is 24.6 Å². The Bertz CT molecular complexity index is 1370. The molecule has 1 fully saturated rings. The first-order valence-corrected chi connectivity index (χ1v) is 12.3. The summed E-state index contributed by atoms with van der Waals surface area (Å²) in [6.45, 7) is 14.9. The molecule has 0 saturated carbocycles. The van der Waals surface area contributed by atoms with Crippen LogP contribution in [0, 0.1) is 5.82 Å². The number of halogens is 1. The smallest absolute Gasteiger partial charge is 0.161 e. The van der Waals surface area contributed by atoms with Crippen LogP contribution in [0.25, 0.3) is 11.3 Å². The lowest BCUT2D eigenvalue weighted by atomic mass is 9.80. The molecule has 5 rings (SSSR count). The second-order valence-electron chi connectivity index (χ2n) is 11.2. The first-order chi connectivity index (χ1) is 16.6. The van der Waals surface area contributed by atoms with Crippen molar-refractivity contribution < 1.29 is 9.13 Å². The molecule has 0 radical (unpaired) electrons. The molecule has 4 aromatic rings. The summed E-state index contributed by atoms with van der Waals surface area (Å²) in [5.41, 5.74) is 3.54. The summed E-state index contributed by atoms with van der Waals surface area (Å²) in [6, 6.07) is 5.88. The molecular weight excluding hydrogens is 445 g/mol. The number of morpholine rings is 1. The van der Waals surface area contributed by atoms with Crippen LogP contribution < -0.4 is 4.90 Å². The van der Waals surface area contributed by atoms with Crippen LogP contribution in [0.5, 0.6) is 0 Å². The molecule has 0 bridgehead atoms. The summed E-state index contributed by atoms with van der Waals surface area (Å²) in [5.74, 6) is 0.772. The second kappa shape index (κ2) is 8.55. The van der Waals surface area contributed by atoms with Gasteiger partial charge in [-0.05, 0) is 42.7 Å². The zero-order chi connectivity index (χ0) is 25.0. The molecule has 1 atom stereocenters. The quantitative estimate of drug-likeness (QED) is 0.424. The Kier molecular flexibility index (Phi) is 5.78. The van der Waals surface area contributed by atoms with E-state index < -0.39 is 0 Å². The highest BCUT2D eigenvalue weighted by molar-refractivity contribution is 5.58. The highest BCUT2D eigenvalue weighted by Crippen LogP contribution is 2.34. The summed E-state index contributed by atoms with van der Waals surface area (Å²) in [5, 5.41) is 8.89. The average molecular weight is 480 g/mol. The SMILES string of the molecule is CC1CN(c2ccc(C(C)(C)CCc3c(F)cc(C(C)(C)C)c4ncnn34)c3ncnn23)CCO1. The van der Waals surface area contributed by atoms with E-state index in [-0.39, 0.29) is 22.8 Å². The zero-order valence-electron chi connectivity index (χ0n) is 21.4. The van der Waals surface area contributed by atoms with Gasteiger partial charge in [0.1, 0.15) is 24.3 Å². The van der Waals surface area contributed by atoms with E-state index in [9.17, 15) is 0 Å². The van der Waals surface area contributed by atoms with Crippen molar-refractivity contribution in [3.05, 3.63) is 53.5 Å². The van der Waals surface area contributed by atoms with Crippen molar-refractivity contribution >= 4 is 17.1 Å². The van der Waals surface area contributed by atoms with E-state index in [4.69, 9.17) is 4.74 Å². The second-order valence-corrected chi connectivity index (χ2v) is 11.2. The fourth-order valence-corrected chi connectivity index (χ4v) is 5.03. The van der Waals surface area contributed by atoms with Crippen LogP contribution in [-0.2, 0) is 22.0 Å². The third kappa shape index (κ3) is 4.26. The van der Waals surface area contributed by atoms with Crippen LogP contribution in [0.2, 0.25) is 0 Å². The Balaban J connectivity index is 1.46. The van der Waals surface area contributed by atoms with Crippen molar-refractivity contribution in [3.8, 4) is 0 Å². The van der Waals surface area contributed by atoms with Crippen molar-refractivity contribution in [2.45, 2.75) is 71.3 Å². The monoisotopic (exact) mass is 479 g/mol. The third-order valence-corrected chi connectivity index (χ3v) is 7.08. The molecule has 4 aromatic heterocycles. The topological polar surface area (TPSA) is 72.9 Å². The number of aryl methyl sites for hydroxylation is 1. The van der Waals surface area contributed by atoms with Gasteiger partial charge in [0.2, 0.25) is 0 Å². The van der Waals surface area contributed by atoms with Gasteiger partial charge in [-0.1, -0.05) is 40.7 Å². The predicted octanol–water partition coefficient (Wildman–Crippen LogP) is 4.34. The molecule has 1 unspecified atom stereocenters. The van der Waals surface area contributed by atoms with E-state index >= 15 is 4.39 Å². The first kappa shape index (κ1) is 23.7. The highest BCUT2D eigenvalue weighted by atomic mass is 19.1. The lowest BCUT2D eigenvalue weighted by molar-refractivity contribution is 0.0528. The molecular formula is C26H34FN7O. The van der Waals surface area contributed by atoms with Crippen LogP contribution in [0.4, 0.5) is 10.2 Å².